The van der Waals surface area contributed by atoms with Crippen molar-refractivity contribution in [3.05, 3.63) is 24.5 Å². The Balaban J connectivity index is 3.12. The molecule has 0 aromatic carbocycles. The molecule has 0 N–H and O–H groups in total. The van der Waals surface area contributed by atoms with Crippen LogP contribution >= 0.6 is 0 Å². The van der Waals surface area contributed by atoms with Crippen molar-refractivity contribution in [3.8, 4) is 0 Å². The minimum absolute atomic E-state index is 0.630. The van der Waals surface area contributed by atoms with Crippen LogP contribution < -0.4 is 0 Å². The predicted molar refractivity (Wildman–Crippen MR) is 34.5 cm³/mol. The van der Waals surface area contributed by atoms with Crippen molar-refractivity contribution in [2.45, 2.75) is 0 Å². The molecule has 1 aromatic heterocycles. The van der Waals surface area contributed by atoms with Gasteiger partial charge in [-0.3, -0.25) is 0 Å². The van der Waals surface area contributed by atoms with Gasteiger partial charge in [0, 0.05) is 0 Å². The predicted octanol–water partition coefficient (Wildman–Crippen LogP) is 1.36. The van der Waals surface area contributed by atoms with Gasteiger partial charge < -0.3 is 0 Å². The first kappa shape index (κ1) is 5.75. The minimum Gasteiger partial charge on any atom is -0.243 e. The van der Waals surface area contributed by atoms with Crippen molar-refractivity contribution in [1.29, 1.82) is 0 Å². The molecule has 0 aliphatic rings. The summed E-state index contributed by atoms with van der Waals surface area (Å²) in [6.45, 7) is 7.00. The van der Waals surface area contributed by atoms with Crippen molar-refractivity contribution in [2.24, 2.45) is 0 Å². The summed E-state index contributed by atoms with van der Waals surface area (Å²) >= 11 is 0. The highest BCUT2D eigenvalue weighted by molar-refractivity contribution is 5.55. The molecule has 0 radical (unpaired) electrons. The average Bonchev–Trinajstić information content (AvgIpc) is 2.33. The van der Waals surface area contributed by atoms with Gasteiger partial charge in [-0.2, -0.15) is 0 Å². The number of hydrogen-bond acceptors (Lipinski definition) is 3. The van der Waals surface area contributed by atoms with Gasteiger partial charge >= 0.3 is 0 Å². The molecule has 3 heteroatoms. The molecular formula is C6H6N2O. The Kier molecular flexibility index (Phi) is 1.44. The molecule has 0 saturated carbocycles. The second kappa shape index (κ2) is 2.26. The molecule has 0 bridgehead atoms. The van der Waals surface area contributed by atoms with E-state index < -0.39 is 0 Å². The number of nitrogens with zero attached hydrogens (tertiary/aromatic N) is 2. The maximum atomic E-state index is 4.38. The molecule has 0 saturated heterocycles. The Labute approximate surface area is 52.6 Å². The van der Waals surface area contributed by atoms with Gasteiger partial charge in [-0.15, -0.1) is 0 Å². The molecule has 0 amide bonds. The van der Waals surface area contributed by atoms with Crippen LogP contribution in [-0.4, -0.2) is 10.3 Å². The lowest BCUT2D eigenvalue weighted by Crippen LogP contribution is -1.73. The van der Waals surface area contributed by atoms with Crippen LogP contribution in [-0.2, 0) is 0 Å². The third-order valence-corrected chi connectivity index (χ3v) is 0.927. The fraction of sp³-hybridized carbons (Fsp3) is 0. The third-order valence-electron chi connectivity index (χ3n) is 0.927. The highest BCUT2D eigenvalue weighted by Gasteiger charge is 1.98. The molecule has 0 unspecified atom stereocenters. The van der Waals surface area contributed by atoms with E-state index in [0.29, 0.717) is 11.4 Å². The Bertz CT molecular complexity index is 204. The zero-order chi connectivity index (χ0) is 6.69. The molecule has 3 nitrogen and oxygen atoms in total. The lowest BCUT2D eigenvalue weighted by atomic mass is 10.3. The standard InChI is InChI=1S/C6H6N2O/c1-3-5-6(4-2)8-9-7-5/h3-4H,1-2H2. The van der Waals surface area contributed by atoms with Crippen molar-refractivity contribution in [1.82, 2.24) is 10.3 Å². The van der Waals surface area contributed by atoms with Gasteiger partial charge in [-0.1, -0.05) is 13.2 Å². The monoisotopic (exact) mass is 122 g/mol. The van der Waals surface area contributed by atoms with Gasteiger partial charge in [0.15, 0.2) is 0 Å². The van der Waals surface area contributed by atoms with Crippen LogP contribution in [0.4, 0.5) is 0 Å². The summed E-state index contributed by atoms with van der Waals surface area (Å²) in [5.41, 5.74) is 1.26. The second-order valence-corrected chi connectivity index (χ2v) is 1.44. The van der Waals surface area contributed by atoms with Crippen molar-refractivity contribution in [3.63, 3.8) is 0 Å². The van der Waals surface area contributed by atoms with Crippen LogP contribution in [0.25, 0.3) is 12.2 Å². The van der Waals surface area contributed by atoms with Gasteiger partial charge in [0.1, 0.15) is 11.4 Å². The average molecular weight is 122 g/mol. The van der Waals surface area contributed by atoms with Gasteiger partial charge in [0.2, 0.25) is 0 Å². The van der Waals surface area contributed by atoms with E-state index in [9.17, 15) is 0 Å². The third kappa shape index (κ3) is 0.887. The summed E-state index contributed by atoms with van der Waals surface area (Å²) in [6, 6.07) is 0. The summed E-state index contributed by atoms with van der Waals surface area (Å²) in [5, 5.41) is 7.06. The smallest absolute Gasteiger partial charge is 0.134 e. The van der Waals surface area contributed by atoms with Gasteiger partial charge in [-0.25, -0.2) is 4.63 Å². The summed E-state index contributed by atoms with van der Waals surface area (Å²) < 4.78 is 4.38. The van der Waals surface area contributed by atoms with Crippen LogP contribution in [0.2, 0.25) is 0 Å². The maximum Gasteiger partial charge on any atom is 0.134 e. The molecule has 1 heterocycles. The molecule has 9 heavy (non-hydrogen) atoms. The second-order valence-electron chi connectivity index (χ2n) is 1.44. The Hall–Kier alpha value is -1.38. The van der Waals surface area contributed by atoms with E-state index in [2.05, 4.69) is 28.1 Å². The minimum atomic E-state index is 0.630. The summed E-state index contributed by atoms with van der Waals surface area (Å²) in [6.07, 6.45) is 3.13. The van der Waals surface area contributed by atoms with Crippen molar-refractivity contribution in [2.75, 3.05) is 0 Å². The first-order chi connectivity index (χ1) is 4.38. The van der Waals surface area contributed by atoms with Crippen LogP contribution in [0.3, 0.4) is 0 Å². The largest absolute Gasteiger partial charge is 0.243 e. The highest BCUT2D eigenvalue weighted by Crippen LogP contribution is 2.03. The molecule has 0 spiro atoms. The van der Waals surface area contributed by atoms with Crippen LogP contribution in [0.1, 0.15) is 11.4 Å². The van der Waals surface area contributed by atoms with Gasteiger partial charge in [0.05, 0.1) is 0 Å². The van der Waals surface area contributed by atoms with E-state index in [1.165, 1.54) is 0 Å². The molecule has 1 rings (SSSR count). The topological polar surface area (TPSA) is 38.9 Å². The Morgan fingerprint density at radius 1 is 1.11 bits per heavy atom. The summed E-state index contributed by atoms with van der Waals surface area (Å²) in [7, 11) is 0. The lowest BCUT2D eigenvalue weighted by Gasteiger charge is -1.77. The molecule has 0 atom stereocenters. The molecule has 1 aromatic rings. The lowest BCUT2D eigenvalue weighted by molar-refractivity contribution is 0.305. The molecule has 0 fully saturated rings. The van der Waals surface area contributed by atoms with E-state index in [1.54, 1.807) is 12.2 Å². The zero-order valence-electron chi connectivity index (χ0n) is 4.87. The van der Waals surface area contributed by atoms with Crippen molar-refractivity contribution < 1.29 is 4.63 Å². The summed E-state index contributed by atoms with van der Waals surface area (Å²) in [5.74, 6) is 0. The Morgan fingerprint density at radius 3 is 1.89 bits per heavy atom. The first-order valence-electron chi connectivity index (χ1n) is 2.46. The molecule has 0 aliphatic carbocycles. The maximum absolute atomic E-state index is 4.38. The number of aromatic nitrogens is 2. The first-order valence-corrected chi connectivity index (χ1v) is 2.46. The van der Waals surface area contributed by atoms with Crippen LogP contribution in [0.5, 0.6) is 0 Å². The highest BCUT2D eigenvalue weighted by atomic mass is 16.6. The van der Waals surface area contributed by atoms with Gasteiger partial charge in [0.25, 0.3) is 0 Å². The zero-order valence-corrected chi connectivity index (χ0v) is 4.87. The van der Waals surface area contributed by atoms with Crippen LogP contribution in [0, 0.1) is 0 Å². The normalized spacial score (nSPS) is 8.89. The van der Waals surface area contributed by atoms with E-state index in [-0.39, 0.29) is 0 Å². The number of rotatable bonds is 2. The van der Waals surface area contributed by atoms with Crippen LogP contribution in [0.15, 0.2) is 17.8 Å². The quantitative estimate of drug-likeness (QED) is 0.594. The fourth-order valence-corrected chi connectivity index (χ4v) is 0.486. The van der Waals surface area contributed by atoms with E-state index in [4.69, 9.17) is 0 Å². The fourth-order valence-electron chi connectivity index (χ4n) is 0.486. The van der Waals surface area contributed by atoms with E-state index in [1.807, 2.05) is 0 Å². The Morgan fingerprint density at radius 2 is 1.56 bits per heavy atom. The van der Waals surface area contributed by atoms with Crippen molar-refractivity contribution >= 4 is 12.2 Å². The van der Waals surface area contributed by atoms with E-state index in [0.717, 1.165) is 0 Å². The van der Waals surface area contributed by atoms with Gasteiger partial charge in [-0.05, 0) is 22.5 Å². The van der Waals surface area contributed by atoms with E-state index >= 15 is 0 Å². The molecular weight excluding hydrogens is 116 g/mol. The SMILES string of the molecule is C=Cc1nonc1C=C. The number of hydrogen-bond donors (Lipinski definition) is 0. The molecule has 46 valence electrons. The molecule has 0 aliphatic heterocycles. The summed E-state index contributed by atoms with van der Waals surface area (Å²) in [4.78, 5) is 0.